The Labute approximate surface area is 162 Å². The molecule has 0 spiro atoms. The normalized spacial score (nSPS) is 26.7. The van der Waals surface area contributed by atoms with Gasteiger partial charge in [0.25, 0.3) is 5.91 Å². The van der Waals surface area contributed by atoms with E-state index in [0.717, 1.165) is 25.7 Å². The van der Waals surface area contributed by atoms with Crippen LogP contribution >= 0.6 is 0 Å². The molecule has 0 radical (unpaired) electrons. The number of carbonyl (C=O) groups is 1. The number of sulfonamides is 1. The van der Waals surface area contributed by atoms with Gasteiger partial charge in [0, 0.05) is 37.3 Å². The second kappa shape index (κ2) is 7.53. The van der Waals surface area contributed by atoms with Crippen LogP contribution < -0.4 is 5.73 Å². The largest absolute Gasteiger partial charge is 0.338 e. The van der Waals surface area contributed by atoms with Gasteiger partial charge < -0.3 is 10.6 Å². The molecule has 2 fully saturated rings. The Bertz CT molecular complexity index is 806. The maximum absolute atomic E-state index is 13.1. The number of piperidine rings is 2. The van der Waals surface area contributed by atoms with E-state index < -0.39 is 10.0 Å². The summed E-state index contributed by atoms with van der Waals surface area (Å²) in [6, 6.07) is 6.53. The van der Waals surface area contributed by atoms with Crippen molar-refractivity contribution in [1.29, 1.82) is 0 Å². The van der Waals surface area contributed by atoms with Gasteiger partial charge in [0.2, 0.25) is 10.0 Å². The number of rotatable bonds is 3. The highest BCUT2D eigenvalue weighted by Crippen LogP contribution is 2.29. The molecular weight excluding hydrogens is 362 g/mol. The lowest BCUT2D eigenvalue weighted by Crippen LogP contribution is -2.54. The first kappa shape index (κ1) is 20.3. The smallest absolute Gasteiger partial charge is 0.253 e. The minimum Gasteiger partial charge on any atom is -0.338 e. The Morgan fingerprint density at radius 1 is 1.19 bits per heavy atom. The van der Waals surface area contributed by atoms with E-state index >= 15 is 0 Å². The first-order valence-corrected chi connectivity index (χ1v) is 11.2. The van der Waals surface area contributed by atoms with Crippen molar-refractivity contribution < 1.29 is 13.2 Å². The Morgan fingerprint density at radius 2 is 1.93 bits per heavy atom. The van der Waals surface area contributed by atoms with Crippen molar-refractivity contribution in [3.05, 3.63) is 29.8 Å². The van der Waals surface area contributed by atoms with E-state index in [9.17, 15) is 13.2 Å². The Kier molecular flexibility index (Phi) is 5.66. The summed E-state index contributed by atoms with van der Waals surface area (Å²) < 4.78 is 27.7. The molecule has 2 N–H and O–H groups in total. The summed E-state index contributed by atoms with van der Waals surface area (Å²) in [4.78, 5) is 15.0. The highest BCUT2D eigenvalue weighted by Gasteiger charge is 2.36. The van der Waals surface area contributed by atoms with Gasteiger partial charge in [-0.15, -0.1) is 0 Å². The molecule has 150 valence electrons. The first-order chi connectivity index (χ1) is 12.6. The van der Waals surface area contributed by atoms with Gasteiger partial charge in [-0.2, -0.15) is 4.31 Å². The average molecular weight is 394 g/mol. The quantitative estimate of drug-likeness (QED) is 0.855. The van der Waals surface area contributed by atoms with E-state index in [1.807, 2.05) is 6.92 Å². The summed E-state index contributed by atoms with van der Waals surface area (Å²) in [6.45, 7) is 7.80. The number of hydrogen-bond acceptors (Lipinski definition) is 4. The summed E-state index contributed by atoms with van der Waals surface area (Å²) in [6.07, 6.45) is 3.56. The van der Waals surface area contributed by atoms with E-state index in [1.165, 1.54) is 6.07 Å². The zero-order chi connectivity index (χ0) is 19.8. The third kappa shape index (κ3) is 4.05. The van der Waals surface area contributed by atoms with Crippen LogP contribution in [0.2, 0.25) is 0 Å². The number of hydrogen-bond donors (Lipinski definition) is 1. The third-order valence-electron chi connectivity index (χ3n) is 6.03. The molecule has 2 atom stereocenters. The zero-order valence-corrected chi connectivity index (χ0v) is 17.3. The molecule has 0 aliphatic carbocycles. The van der Waals surface area contributed by atoms with Crippen LogP contribution in [0.1, 0.15) is 56.8 Å². The lowest BCUT2D eigenvalue weighted by atomic mass is 9.79. The maximum atomic E-state index is 13.1. The van der Waals surface area contributed by atoms with Crippen LogP contribution in [0, 0.1) is 5.41 Å². The summed E-state index contributed by atoms with van der Waals surface area (Å²) in [5.41, 5.74) is 6.44. The Balaban J connectivity index is 1.84. The topological polar surface area (TPSA) is 83.7 Å². The third-order valence-corrected chi connectivity index (χ3v) is 8.04. The van der Waals surface area contributed by atoms with E-state index in [-0.39, 0.29) is 28.3 Å². The van der Waals surface area contributed by atoms with Gasteiger partial charge in [0.05, 0.1) is 4.90 Å². The molecule has 2 aliphatic heterocycles. The second-order valence-corrected chi connectivity index (χ2v) is 10.5. The molecule has 2 unspecified atom stereocenters. The number of amides is 1. The van der Waals surface area contributed by atoms with Crippen molar-refractivity contribution in [2.75, 3.05) is 19.6 Å². The van der Waals surface area contributed by atoms with Crippen LogP contribution in [-0.4, -0.2) is 55.2 Å². The average Bonchev–Trinajstić information content (AvgIpc) is 2.63. The number of likely N-dealkylation sites (tertiary alicyclic amines) is 1. The van der Waals surface area contributed by atoms with Crippen LogP contribution in [0.5, 0.6) is 0 Å². The minimum absolute atomic E-state index is 0.00695. The fourth-order valence-electron chi connectivity index (χ4n) is 4.08. The maximum Gasteiger partial charge on any atom is 0.253 e. The number of nitrogens with two attached hydrogens (primary N) is 1. The molecule has 1 aromatic carbocycles. The Morgan fingerprint density at radius 3 is 2.59 bits per heavy atom. The van der Waals surface area contributed by atoms with Gasteiger partial charge in [0.15, 0.2) is 0 Å². The van der Waals surface area contributed by atoms with Gasteiger partial charge in [-0.25, -0.2) is 8.42 Å². The summed E-state index contributed by atoms with van der Waals surface area (Å²) >= 11 is 0. The van der Waals surface area contributed by atoms with Crippen molar-refractivity contribution in [2.45, 2.75) is 63.4 Å². The highest BCUT2D eigenvalue weighted by molar-refractivity contribution is 7.89. The van der Waals surface area contributed by atoms with Gasteiger partial charge >= 0.3 is 0 Å². The molecular formula is C20H31N3O3S. The lowest BCUT2D eigenvalue weighted by molar-refractivity contribution is 0.0532. The molecule has 0 aromatic heterocycles. The van der Waals surface area contributed by atoms with Crippen molar-refractivity contribution in [2.24, 2.45) is 11.1 Å². The highest BCUT2D eigenvalue weighted by atomic mass is 32.2. The van der Waals surface area contributed by atoms with E-state index in [1.54, 1.807) is 27.4 Å². The molecule has 2 heterocycles. The summed E-state index contributed by atoms with van der Waals surface area (Å²) in [5, 5.41) is 0. The minimum atomic E-state index is -3.59. The molecule has 2 aliphatic rings. The van der Waals surface area contributed by atoms with Crippen LogP contribution in [0.4, 0.5) is 0 Å². The van der Waals surface area contributed by atoms with Gasteiger partial charge in [-0.1, -0.05) is 26.3 Å². The molecule has 27 heavy (non-hydrogen) atoms. The summed E-state index contributed by atoms with van der Waals surface area (Å²) in [5.74, 6) is -0.126. The lowest BCUT2D eigenvalue weighted by Gasteiger charge is -2.42. The molecule has 0 bridgehead atoms. The second-order valence-electron chi connectivity index (χ2n) is 8.60. The van der Waals surface area contributed by atoms with E-state index in [2.05, 4.69) is 13.8 Å². The van der Waals surface area contributed by atoms with Crippen molar-refractivity contribution in [3.8, 4) is 0 Å². The van der Waals surface area contributed by atoms with Crippen LogP contribution in [-0.2, 0) is 10.0 Å². The van der Waals surface area contributed by atoms with E-state index in [0.29, 0.717) is 25.2 Å². The number of benzene rings is 1. The van der Waals surface area contributed by atoms with Crippen molar-refractivity contribution >= 4 is 15.9 Å². The zero-order valence-electron chi connectivity index (χ0n) is 16.5. The standard InChI is InChI=1S/C20H31N3O3S/c1-15-7-4-5-11-23(15)27(25,26)17-9-6-8-16(13-17)19(24)22-12-10-18(21)20(2,3)14-22/h6,8-9,13,15,18H,4-5,7,10-12,14,21H2,1-3H3. The van der Waals surface area contributed by atoms with Gasteiger partial charge in [-0.3, -0.25) is 4.79 Å². The number of nitrogens with zero attached hydrogens (tertiary/aromatic N) is 2. The van der Waals surface area contributed by atoms with Crippen molar-refractivity contribution in [1.82, 2.24) is 9.21 Å². The monoisotopic (exact) mass is 393 g/mol. The van der Waals surface area contributed by atoms with E-state index in [4.69, 9.17) is 5.73 Å². The molecule has 1 amide bonds. The molecule has 0 saturated carbocycles. The van der Waals surface area contributed by atoms with Crippen LogP contribution in [0.15, 0.2) is 29.2 Å². The van der Waals surface area contributed by atoms with Gasteiger partial charge in [0.1, 0.15) is 0 Å². The van der Waals surface area contributed by atoms with Crippen LogP contribution in [0.25, 0.3) is 0 Å². The summed E-state index contributed by atoms with van der Waals surface area (Å²) in [7, 11) is -3.59. The van der Waals surface area contributed by atoms with Crippen molar-refractivity contribution in [3.63, 3.8) is 0 Å². The van der Waals surface area contributed by atoms with Crippen LogP contribution in [0.3, 0.4) is 0 Å². The molecule has 2 saturated heterocycles. The Hall–Kier alpha value is -1.44. The molecule has 7 heteroatoms. The molecule has 3 rings (SSSR count). The fraction of sp³-hybridized carbons (Fsp3) is 0.650. The predicted molar refractivity (Wildman–Crippen MR) is 106 cm³/mol. The van der Waals surface area contributed by atoms with Gasteiger partial charge in [-0.05, 0) is 49.8 Å². The molecule has 6 nitrogen and oxygen atoms in total. The fourth-order valence-corrected chi connectivity index (χ4v) is 5.83. The molecule has 1 aromatic rings. The predicted octanol–water partition coefficient (Wildman–Crippen LogP) is 2.45. The first-order valence-electron chi connectivity index (χ1n) is 9.80. The SMILES string of the molecule is CC1CCCCN1S(=O)(=O)c1cccc(C(=O)N2CCC(N)C(C)(C)C2)c1. The number of carbonyl (C=O) groups excluding carboxylic acids is 1.